The molecule has 1 atom stereocenters. The van der Waals surface area contributed by atoms with Crippen molar-refractivity contribution in [2.45, 2.75) is 19.8 Å². The number of aromatic nitrogens is 1. The molecule has 0 spiro atoms. The fourth-order valence-electron chi connectivity index (χ4n) is 2.50. The summed E-state index contributed by atoms with van der Waals surface area (Å²) in [7, 11) is 1.65. The van der Waals surface area contributed by atoms with Gasteiger partial charge >= 0.3 is 0 Å². The minimum Gasteiger partial charge on any atom is -0.383 e. The van der Waals surface area contributed by atoms with Crippen molar-refractivity contribution in [3.8, 4) is 0 Å². The highest BCUT2D eigenvalue weighted by atomic mass is 16.5. The number of pyridine rings is 1. The molecule has 104 valence electrons. The Morgan fingerprint density at radius 2 is 2.37 bits per heavy atom. The van der Waals surface area contributed by atoms with E-state index >= 15 is 0 Å². The molecule has 1 fully saturated rings. The van der Waals surface area contributed by atoms with Gasteiger partial charge in [0.2, 0.25) is 5.91 Å². The molecule has 1 aromatic rings. The van der Waals surface area contributed by atoms with E-state index < -0.39 is 0 Å². The number of anilines is 1. The molecule has 5 heteroatoms. The first kappa shape index (κ1) is 13.8. The van der Waals surface area contributed by atoms with Crippen molar-refractivity contribution >= 4 is 11.7 Å². The van der Waals surface area contributed by atoms with Crippen LogP contribution in [0.4, 0.5) is 5.82 Å². The van der Waals surface area contributed by atoms with E-state index in [2.05, 4.69) is 11.1 Å². The average molecular weight is 263 g/mol. The Kier molecular flexibility index (Phi) is 4.37. The summed E-state index contributed by atoms with van der Waals surface area (Å²) >= 11 is 0. The van der Waals surface area contributed by atoms with E-state index in [1.54, 1.807) is 7.11 Å². The van der Waals surface area contributed by atoms with Crippen LogP contribution >= 0.6 is 0 Å². The Morgan fingerprint density at radius 3 is 3.05 bits per heavy atom. The highest BCUT2D eigenvalue weighted by Gasteiger charge is 2.29. The first-order valence-corrected chi connectivity index (χ1v) is 6.58. The number of ether oxygens (including phenoxy) is 1. The molecule has 19 heavy (non-hydrogen) atoms. The molecule has 1 aromatic heterocycles. The van der Waals surface area contributed by atoms with E-state index in [0.29, 0.717) is 31.3 Å². The predicted octanol–water partition coefficient (Wildman–Crippen LogP) is 1.01. The average Bonchev–Trinajstić information content (AvgIpc) is 2.72. The van der Waals surface area contributed by atoms with E-state index in [9.17, 15) is 4.79 Å². The Bertz CT molecular complexity index is 462. The van der Waals surface area contributed by atoms with Crippen molar-refractivity contribution in [2.75, 3.05) is 32.5 Å². The monoisotopic (exact) mass is 263 g/mol. The van der Waals surface area contributed by atoms with Crippen LogP contribution in [-0.2, 0) is 16.0 Å². The molecule has 0 aliphatic carbocycles. The number of nitrogen functional groups attached to an aromatic ring is 1. The van der Waals surface area contributed by atoms with Crippen LogP contribution in [0.2, 0.25) is 0 Å². The van der Waals surface area contributed by atoms with Crippen LogP contribution in [0.1, 0.15) is 17.5 Å². The molecule has 1 saturated heterocycles. The van der Waals surface area contributed by atoms with Crippen LogP contribution in [0.5, 0.6) is 0 Å². The first-order valence-electron chi connectivity index (χ1n) is 6.58. The van der Waals surface area contributed by atoms with Crippen LogP contribution < -0.4 is 5.73 Å². The van der Waals surface area contributed by atoms with Crippen molar-refractivity contribution in [3.05, 3.63) is 23.4 Å². The summed E-state index contributed by atoms with van der Waals surface area (Å²) in [6.45, 7) is 4.05. The molecule has 1 aliphatic rings. The van der Waals surface area contributed by atoms with Gasteiger partial charge in [-0.3, -0.25) is 4.79 Å². The second-order valence-corrected chi connectivity index (χ2v) is 5.15. The first-order chi connectivity index (χ1) is 9.10. The standard InChI is InChI=1S/C14H21N3O2/c1-10-5-11(8-16-14(10)15)6-12-7-13(18)17(9-12)3-4-19-2/h5,8,12H,3-4,6-7,9H2,1-2H3,(H2,15,16). The zero-order valence-corrected chi connectivity index (χ0v) is 11.6. The lowest BCUT2D eigenvalue weighted by atomic mass is 9.99. The minimum atomic E-state index is 0.224. The molecule has 0 bridgehead atoms. The number of amides is 1. The Morgan fingerprint density at radius 1 is 1.58 bits per heavy atom. The summed E-state index contributed by atoms with van der Waals surface area (Å²) in [4.78, 5) is 17.9. The molecule has 1 amide bonds. The van der Waals surface area contributed by atoms with E-state index in [-0.39, 0.29) is 5.91 Å². The van der Waals surface area contributed by atoms with Crippen LogP contribution in [-0.4, -0.2) is 42.6 Å². The van der Waals surface area contributed by atoms with Crippen molar-refractivity contribution in [1.29, 1.82) is 0 Å². The van der Waals surface area contributed by atoms with Gasteiger partial charge in [0.25, 0.3) is 0 Å². The number of hydrogen-bond acceptors (Lipinski definition) is 4. The lowest BCUT2D eigenvalue weighted by molar-refractivity contribution is -0.128. The molecule has 1 aliphatic heterocycles. The van der Waals surface area contributed by atoms with Gasteiger partial charge in [0.15, 0.2) is 0 Å². The molecular formula is C14H21N3O2. The molecule has 2 N–H and O–H groups in total. The van der Waals surface area contributed by atoms with Gasteiger partial charge in [-0.15, -0.1) is 0 Å². The summed E-state index contributed by atoms with van der Waals surface area (Å²) in [5, 5.41) is 0. The second-order valence-electron chi connectivity index (χ2n) is 5.15. The fourth-order valence-corrected chi connectivity index (χ4v) is 2.50. The zero-order valence-electron chi connectivity index (χ0n) is 11.6. The molecule has 0 saturated carbocycles. The molecule has 5 nitrogen and oxygen atoms in total. The third-order valence-corrected chi connectivity index (χ3v) is 3.56. The number of nitrogens with two attached hydrogens (primary N) is 1. The highest BCUT2D eigenvalue weighted by molar-refractivity contribution is 5.78. The van der Waals surface area contributed by atoms with Gasteiger partial charge in [-0.05, 0) is 30.4 Å². The highest BCUT2D eigenvalue weighted by Crippen LogP contribution is 2.22. The van der Waals surface area contributed by atoms with Crippen molar-refractivity contribution in [3.63, 3.8) is 0 Å². The number of likely N-dealkylation sites (tertiary alicyclic amines) is 1. The number of nitrogens with zero attached hydrogens (tertiary/aromatic N) is 2. The van der Waals surface area contributed by atoms with Gasteiger partial charge in [0, 0.05) is 32.8 Å². The molecule has 2 rings (SSSR count). The van der Waals surface area contributed by atoms with Crippen LogP contribution in [0, 0.1) is 12.8 Å². The van der Waals surface area contributed by atoms with Crippen LogP contribution in [0.15, 0.2) is 12.3 Å². The lowest BCUT2D eigenvalue weighted by Gasteiger charge is -2.16. The molecule has 2 heterocycles. The minimum absolute atomic E-state index is 0.224. The molecular weight excluding hydrogens is 242 g/mol. The normalized spacial score (nSPS) is 19.2. The number of hydrogen-bond donors (Lipinski definition) is 1. The van der Waals surface area contributed by atoms with Crippen molar-refractivity contribution < 1.29 is 9.53 Å². The summed E-state index contributed by atoms with van der Waals surface area (Å²) in [5.41, 5.74) is 7.86. The lowest BCUT2D eigenvalue weighted by Crippen LogP contribution is -2.28. The van der Waals surface area contributed by atoms with Gasteiger partial charge in [0.05, 0.1) is 6.61 Å². The van der Waals surface area contributed by atoms with E-state index in [4.69, 9.17) is 10.5 Å². The van der Waals surface area contributed by atoms with E-state index in [1.807, 2.05) is 18.0 Å². The number of carbonyl (C=O) groups excluding carboxylic acids is 1. The summed E-state index contributed by atoms with van der Waals surface area (Å²) in [5.74, 6) is 1.17. The largest absolute Gasteiger partial charge is 0.383 e. The maximum absolute atomic E-state index is 11.8. The van der Waals surface area contributed by atoms with Crippen LogP contribution in [0.3, 0.4) is 0 Å². The topological polar surface area (TPSA) is 68.4 Å². The Labute approximate surface area is 113 Å². The van der Waals surface area contributed by atoms with Gasteiger partial charge in [-0.1, -0.05) is 6.07 Å². The third kappa shape index (κ3) is 3.44. The smallest absolute Gasteiger partial charge is 0.223 e. The SMILES string of the molecule is COCCN1CC(Cc2cnc(N)c(C)c2)CC1=O. The molecule has 0 aromatic carbocycles. The van der Waals surface area contributed by atoms with Crippen LogP contribution in [0.25, 0.3) is 0 Å². The van der Waals surface area contributed by atoms with Crippen molar-refractivity contribution in [1.82, 2.24) is 9.88 Å². The maximum atomic E-state index is 11.8. The number of carbonyl (C=O) groups is 1. The quantitative estimate of drug-likeness (QED) is 0.861. The Hall–Kier alpha value is -1.62. The number of rotatable bonds is 5. The predicted molar refractivity (Wildman–Crippen MR) is 73.7 cm³/mol. The summed E-state index contributed by atoms with van der Waals surface area (Å²) in [6, 6.07) is 2.06. The van der Waals surface area contributed by atoms with Gasteiger partial charge < -0.3 is 15.4 Å². The number of methoxy groups -OCH3 is 1. The third-order valence-electron chi connectivity index (χ3n) is 3.56. The van der Waals surface area contributed by atoms with Gasteiger partial charge in [-0.25, -0.2) is 4.98 Å². The Balaban J connectivity index is 1.93. The van der Waals surface area contributed by atoms with Gasteiger partial charge in [-0.2, -0.15) is 0 Å². The van der Waals surface area contributed by atoms with E-state index in [0.717, 1.165) is 24.1 Å². The fraction of sp³-hybridized carbons (Fsp3) is 0.571. The van der Waals surface area contributed by atoms with Crippen molar-refractivity contribution in [2.24, 2.45) is 5.92 Å². The van der Waals surface area contributed by atoms with Gasteiger partial charge in [0.1, 0.15) is 5.82 Å². The number of aryl methyl sites for hydroxylation is 1. The van der Waals surface area contributed by atoms with E-state index in [1.165, 1.54) is 0 Å². The summed E-state index contributed by atoms with van der Waals surface area (Å²) < 4.78 is 5.02. The molecule has 1 unspecified atom stereocenters. The molecule has 0 radical (unpaired) electrons. The second kappa shape index (κ2) is 6.02. The zero-order chi connectivity index (χ0) is 13.8. The maximum Gasteiger partial charge on any atom is 0.223 e. The summed E-state index contributed by atoms with van der Waals surface area (Å²) in [6.07, 6.45) is 3.31.